The maximum atomic E-state index is 14.1. The number of benzene rings is 1. The number of carbonyl (C=O) groups excluding carboxylic acids is 1. The molecule has 0 saturated carbocycles. The monoisotopic (exact) mass is 370 g/mol. The molecule has 1 aliphatic rings. The molecule has 2 rings (SSSR count). The second kappa shape index (κ2) is 7.83. The maximum absolute atomic E-state index is 14.1. The SMILES string of the molecule is CC[C@H](C)NC(=O)c1cc(S(=O)(=O)N2C[C@H](C)C[C@@H](C)C2)ccc1F. The van der Waals surface area contributed by atoms with Crippen molar-refractivity contribution in [3.63, 3.8) is 0 Å². The van der Waals surface area contributed by atoms with Crippen LogP contribution < -0.4 is 5.32 Å². The van der Waals surface area contributed by atoms with E-state index in [1.807, 2.05) is 27.7 Å². The molecule has 1 heterocycles. The second-order valence-electron chi connectivity index (χ2n) is 7.19. The van der Waals surface area contributed by atoms with Crippen molar-refractivity contribution in [3.8, 4) is 0 Å². The van der Waals surface area contributed by atoms with Crippen LogP contribution in [-0.2, 0) is 10.0 Å². The Bertz CT molecular complexity index is 726. The number of rotatable bonds is 5. The van der Waals surface area contributed by atoms with Crippen LogP contribution in [-0.4, -0.2) is 37.8 Å². The molecule has 0 spiro atoms. The lowest BCUT2D eigenvalue weighted by Crippen LogP contribution is -2.42. The Labute approximate surface area is 149 Å². The molecular weight excluding hydrogens is 343 g/mol. The first-order valence-corrected chi connectivity index (χ1v) is 10.2. The van der Waals surface area contributed by atoms with Gasteiger partial charge in [0.2, 0.25) is 10.0 Å². The van der Waals surface area contributed by atoms with E-state index in [0.717, 1.165) is 18.6 Å². The molecule has 1 aromatic carbocycles. The molecule has 0 bridgehead atoms. The van der Waals surface area contributed by atoms with Crippen molar-refractivity contribution in [2.75, 3.05) is 13.1 Å². The molecule has 0 aromatic heterocycles. The minimum absolute atomic E-state index is 0.0375. The lowest BCUT2D eigenvalue weighted by Gasteiger charge is -2.34. The van der Waals surface area contributed by atoms with Crippen molar-refractivity contribution in [1.82, 2.24) is 9.62 Å². The Kier molecular flexibility index (Phi) is 6.21. The molecule has 25 heavy (non-hydrogen) atoms. The summed E-state index contributed by atoms with van der Waals surface area (Å²) in [4.78, 5) is 12.2. The van der Waals surface area contributed by atoms with Gasteiger partial charge in [-0.15, -0.1) is 0 Å². The van der Waals surface area contributed by atoms with E-state index in [1.165, 1.54) is 10.4 Å². The summed E-state index contributed by atoms with van der Waals surface area (Å²) >= 11 is 0. The van der Waals surface area contributed by atoms with E-state index >= 15 is 0 Å². The number of hydrogen-bond donors (Lipinski definition) is 1. The largest absolute Gasteiger partial charge is 0.350 e. The molecule has 5 nitrogen and oxygen atoms in total. The quantitative estimate of drug-likeness (QED) is 0.866. The summed E-state index contributed by atoms with van der Waals surface area (Å²) < 4.78 is 41.3. The fraction of sp³-hybridized carbons (Fsp3) is 0.611. The van der Waals surface area contributed by atoms with Crippen molar-refractivity contribution >= 4 is 15.9 Å². The van der Waals surface area contributed by atoms with Gasteiger partial charge in [-0.05, 0) is 49.8 Å². The van der Waals surface area contributed by atoms with Crippen LogP contribution in [0.5, 0.6) is 0 Å². The van der Waals surface area contributed by atoms with Gasteiger partial charge in [0.15, 0.2) is 0 Å². The van der Waals surface area contributed by atoms with Gasteiger partial charge in [-0.3, -0.25) is 4.79 Å². The molecule has 1 aromatic rings. The van der Waals surface area contributed by atoms with Crippen molar-refractivity contribution in [3.05, 3.63) is 29.6 Å². The third-order valence-corrected chi connectivity index (χ3v) is 6.47. The topological polar surface area (TPSA) is 66.5 Å². The molecule has 140 valence electrons. The van der Waals surface area contributed by atoms with Crippen molar-refractivity contribution < 1.29 is 17.6 Å². The third-order valence-electron chi connectivity index (χ3n) is 4.65. The summed E-state index contributed by atoms with van der Waals surface area (Å²) in [5, 5.41) is 2.67. The summed E-state index contributed by atoms with van der Waals surface area (Å²) in [7, 11) is -3.75. The zero-order chi connectivity index (χ0) is 18.8. The van der Waals surface area contributed by atoms with Crippen LogP contribution in [0.25, 0.3) is 0 Å². The van der Waals surface area contributed by atoms with Crippen LogP contribution in [0, 0.1) is 17.7 Å². The predicted octanol–water partition coefficient (Wildman–Crippen LogP) is 3.02. The second-order valence-corrected chi connectivity index (χ2v) is 9.13. The van der Waals surface area contributed by atoms with Crippen LogP contribution in [0.2, 0.25) is 0 Å². The van der Waals surface area contributed by atoms with Crippen molar-refractivity contribution in [1.29, 1.82) is 0 Å². The molecule has 3 atom stereocenters. The number of nitrogens with zero attached hydrogens (tertiary/aromatic N) is 1. The van der Waals surface area contributed by atoms with E-state index in [4.69, 9.17) is 0 Å². The smallest absolute Gasteiger partial charge is 0.254 e. The Morgan fingerprint density at radius 2 is 1.92 bits per heavy atom. The number of carbonyl (C=O) groups is 1. The van der Waals surface area contributed by atoms with E-state index < -0.39 is 21.7 Å². The molecule has 1 fully saturated rings. The van der Waals surface area contributed by atoms with E-state index in [9.17, 15) is 17.6 Å². The van der Waals surface area contributed by atoms with Crippen LogP contribution in [0.1, 0.15) is 50.9 Å². The highest BCUT2D eigenvalue weighted by atomic mass is 32.2. The van der Waals surface area contributed by atoms with Crippen LogP contribution in [0.15, 0.2) is 23.1 Å². The van der Waals surface area contributed by atoms with E-state index in [1.54, 1.807) is 0 Å². The summed E-state index contributed by atoms with van der Waals surface area (Å²) in [5.41, 5.74) is -0.237. The normalized spacial score (nSPS) is 23.2. The first-order chi connectivity index (χ1) is 11.6. The van der Waals surface area contributed by atoms with Gasteiger partial charge in [0.25, 0.3) is 5.91 Å². The van der Waals surface area contributed by atoms with Gasteiger partial charge in [-0.25, -0.2) is 12.8 Å². The minimum Gasteiger partial charge on any atom is -0.350 e. The fourth-order valence-electron chi connectivity index (χ4n) is 3.19. The Hall–Kier alpha value is -1.47. The van der Waals surface area contributed by atoms with Crippen LogP contribution >= 0.6 is 0 Å². The lowest BCUT2D eigenvalue weighted by molar-refractivity contribution is 0.0935. The average Bonchev–Trinajstić information content (AvgIpc) is 2.53. The highest BCUT2D eigenvalue weighted by molar-refractivity contribution is 7.89. The number of amides is 1. The molecule has 1 N–H and O–H groups in total. The summed E-state index contributed by atoms with van der Waals surface area (Å²) in [6.07, 6.45) is 1.69. The molecule has 0 radical (unpaired) electrons. The standard InChI is InChI=1S/C18H27FN2O3S/c1-5-14(4)20-18(22)16-9-15(6-7-17(16)19)25(23,24)21-10-12(2)8-13(3)11-21/h6-7,9,12-14H,5,8,10-11H2,1-4H3,(H,20,22)/t12-,13-,14+/m1/s1. The van der Waals surface area contributed by atoms with Gasteiger partial charge in [0.1, 0.15) is 5.82 Å². The van der Waals surface area contributed by atoms with Crippen LogP contribution in [0.4, 0.5) is 4.39 Å². The summed E-state index contributed by atoms with van der Waals surface area (Å²) in [6, 6.07) is 3.31. The van der Waals surface area contributed by atoms with Crippen molar-refractivity contribution in [2.24, 2.45) is 11.8 Å². The molecule has 1 aliphatic heterocycles. The summed E-state index contributed by atoms with van der Waals surface area (Å²) in [5.74, 6) is -0.774. The third kappa shape index (κ3) is 4.58. The first kappa shape index (κ1) is 19.8. The highest BCUT2D eigenvalue weighted by Gasteiger charge is 2.32. The van der Waals surface area contributed by atoms with E-state index in [-0.39, 0.29) is 28.3 Å². The van der Waals surface area contributed by atoms with Gasteiger partial charge in [0.05, 0.1) is 10.5 Å². The highest BCUT2D eigenvalue weighted by Crippen LogP contribution is 2.27. The van der Waals surface area contributed by atoms with Crippen molar-refractivity contribution in [2.45, 2.75) is 51.5 Å². The van der Waals surface area contributed by atoms with Gasteiger partial charge >= 0.3 is 0 Å². The number of halogens is 1. The van der Waals surface area contributed by atoms with Gasteiger partial charge < -0.3 is 5.32 Å². The van der Waals surface area contributed by atoms with Gasteiger partial charge in [-0.2, -0.15) is 4.31 Å². The Morgan fingerprint density at radius 1 is 1.32 bits per heavy atom. The molecule has 0 unspecified atom stereocenters. The fourth-order valence-corrected chi connectivity index (χ4v) is 4.90. The van der Waals surface area contributed by atoms with Gasteiger partial charge in [0, 0.05) is 19.1 Å². The van der Waals surface area contributed by atoms with Crippen LogP contribution in [0.3, 0.4) is 0 Å². The average molecular weight is 370 g/mol. The van der Waals surface area contributed by atoms with E-state index in [0.29, 0.717) is 19.5 Å². The maximum Gasteiger partial charge on any atom is 0.254 e. The Morgan fingerprint density at radius 3 is 2.48 bits per heavy atom. The molecule has 0 aliphatic carbocycles. The zero-order valence-electron chi connectivity index (χ0n) is 15.3. The molecule has 7 heteroatoms. The molecule has 1 amide bonds. The summed E-state index contributed by atoms with van der Waals surface area (Å²) in [6.45, 7) is 8.65. The first-order valence-electron chi connectivity index (χ1n) is 8.75. The Balaban J connectivity index is 2.33. The number of hydrogen-bond acceptors (Lipinski definition) is 3. The number of piperidine rings is 1. The minimum atomic E-state index is -3.75. The van der Waals surface area contributed by atoms with E-state index in [2.05, 4.69) is 5.32 Å². The lowest BCUT2D eigenvalue weighted by atomic mass is 9.94. The number of sulfonamides is 1. The molecule has 1 saturated heterocycles. The predicted molar refractivity (Wildman–Crippen MR) is 95.3 cm³/mol. The number of nitrogens with one attached hydrogen (secondary N) is 1. The van der Waals surface area contributed by atoms with Gasteiger partial charge in [-0.1, -0.05) is 20.8 Å². The molecular formula is C18H27FN2O3S. The zero-order valence-corrected chi connectivity index (χ0v) is 16.1.